The molecule has 0 fully saturated rings. The minimum atomic E-state index is -4.93. The van der Waals surface area contributed by atoms with Crippen LogP contribution in [-0.4, -0.2) is 92.4 Å². The first kappa shape index (κ1) is 42.6. The Morgan fingerprint density at radius 2 is 0.950 bits per heavy atom. The molecule has 4 aromatic carbocycles. The fourth-order valence-electron chi connectivity index (χ4n) is 5.20. The molecule has 2 aromatic heterocycles. The summed E-state index contributed by atoms with van der Waals surface area (Å²) in [7, 11) is -9.85. The Kier molecular flexibility index (Phi) is 13.3. The molecule has 0 radical (unpaired) electrons. The van der Waals surface area contributed by atoms with Gasteiger partial charge in [0.25, 0.3) is 20.2 Å². The van der Waals surface area contributed by atoms with Crippen LogP contribution in [0.4, 0.5) is 35.2 Å². The largest absolute Gasteiger partial charge is 0.424 e. The third-order valence-electron chi connectivity index (χ3n) is 7.78. The first-order valence-corrected chi connectivity index (χ1v) is 20.5. The number of nitrogens with zero attached hydrogens (tertiary/aromatic N) is 6. The summed E-state index contributed by atoms with van der Waals surface area (Å²) in [4.78, 5) is 24.0. The lowest BCUT2D eigenvalue weighted by Gasteiger charge is -2.12. The maximum Gasteiger partial charge on any atom is 0.328 e. The number of hydrogen-bond acceptors (Lipinski definition) is 18. The Hall–Kier alpha value is -7.00. The van der Waals surface area contributed by atoms with Gasteiger partial charge in [-0.2, -0.15) is 46.7 Å². The van der Waals surface area contributed by atoms with Crippen LogP contribution in [0.15, 0.2) is 94.7 Å². The average Bonchev–Trinajstić information content (AvgIpc) is 3.18. The summed E-state index contributed by atoms with van der Waals surface area (Å²) in [6, 6.07) is 21.3. The Balaban J connectivity index is 1.29. The Bertz CT molecular complexity index is 2630. The van der Waals surface area contributed by atoms with Gasteiger partial charge in [0, 0.05) is 35.6 Å². The predicted molar refractivity (Wildman–Crippen MR) is 218 cm³/mol. The molecule has 22 heteroatoms. The molecule has 6 aromatic rings. The monoisotopic (exact) mass is 856 g/mol. The second-order valence-electron chi connectivity index (χ2n) is 12.5. The molecule has 310 valence electrons. The van der Waals surface area contributed by atoms with E-state index in [0.29, 0.717) is 11.5 Å². The van der Waals surface area contributed by atoms with Crippen molar-refractivity contribution in [1.29, 1.82) is 0 Å². The molecule has 0 aliphatic heterocycles. The number of aliphatic hydroxyl groups is 2. The van der Waals surface area contributed by atoms with Crippen molar-refractivity contribution in [2.75, 3.05) is 47.6 Å². The number of aromatic nitrogens is 6. The van der Waals surface area contributed by atoms with Crippen molar-refractivity contribution in [2.24, 2.45) is 0 Å². The van der Waals surface area contributed by atoms with Gasteiger partial charge >= 0.3 is 12.0 Å². The maximum atomic E-state index is 12.6. The molecule has 8 N–H and O–H groups in total. The molecule has 0 amide bonds. The fourth-order valence-corrected chi connectivity index (χ4v) is 6.55. The lowest BCUT2D eigenvalue weighted by molar-refractivity contribution is 0.310. The lowest BCUT2D eigenvalue weighted by Crippen LogP contribution is -2.11. The van der Waals surface area contributed by atoms with Gasteiger partial charge in [0.05, 0.1) is 13.2 Å². The van der Waals surface area contributed by atoms with Gasteiger partial charge in [-0.3, -0.25) is 9.11 Å². The van der Waals surface area contributed by atoms with Gasteiger partial charge in [0.1, 0.15) is 21.3 Å². The fraction of sp³-hybridized carbons (Fsp3) is 0.158. The zero-order chi connectivity index (χ0) is 42.9. The van der Waals surface area contributed by atoms with E-state index in [2.05, 4.69) is 63.0 Å². The number of ether oxygens (including phenoxy) is 2. The smallest absolute Gasteiger partial charge is 0.328 e. The quantitative estimate of drug-likeness (QED) is 0.0493. The lowest BCUT2D eigenvalue weighted by atomic mass is 10.1. The van der Waals surface area contributed by atoms with E-state index < -0.39 is 30.0 Å². The van der Waals surface area contributed by atoms with Crippen LogP contribution in [0.2, 0.25) is 0 Å². The topological polar surface area (TPSA) is 293 Å². The molecule has 6 rings (SSSR count). The molecule has 20 nitrogen and oxygen atoms in total. The van der Waals surface area contributed by atoms with E-state index in [1.54, 1.807) is 36.4 Å². The van der Waals surface area contributed by atoms with Crippen molar-refractivity contribution in [1.82, 2.24) is 29.9 Å². The van der Waals surface area contributed by atoms with Crippen LogP contribution in [0, 0.1) is 25.7 Å². The van der Waals surface area contributed by atoms with Gasteiger partial charge in [0.2, 0.25) is 23.8 Å². The first-order chi connectivity index (χ1) is 28.6. The molecule has 0 saturated carbocycles. The van der Waals surface area contributed by atoms with Gasteiger partial charge in [-0.05, 0) is 85.6 Å². The standard InChI is InChI=1S/C38H36N10O10S2/c1-23-5-3-7-29(19-23)57-37-45-33(39-15-17-49)43-35(47-37)41-27-13-11-25(31(21-27)59(51,52)53)9-10-26-12-14-28(22-32(26)60(54,55)56)42-36-44-34(40-16-18-50)46-38(48-36)58-30-8-4-6-24(2)20-30/h3-8,11-14,19-22,49-50H,15-18H2,1-2H3,(H,51,52,53)(H,54,55,56)(H2,39,41,43,45,47)(H2,40,42,44,46,48). The molecular formula is C38H36N10O10S2. The second kappa shape index (κ2) is 18.7. The van der Waals surface area contributed by atoms with E-state index in [1.165, 1.54) is 24.3 Å². The summed E-state index contributed by atoms with van der Waals surface area (Å²) in [5.74, 6) is 5.86. The number of benzene rings is 4. The molecule has 0 aliphatic carbocycles. The average molecular weight is 857 g/mol. The minimum absolute atomic E-state index is 0.0301. The van der Waals surface area contributed by atoms with Gasteiger partial charge < -0.3 is 41.0 Å². The van der Waals surface area contributed by atoms with E-state index in [1.807, 2.05) is 26.0 Å². The zero-order valence-electron chi connectivity index (χ0n) is 31.6. The highest BCUT2D eigenvalue weighted by Crippen LogP contribution is 2.28. The van der Waals surface area contributed by atoms with E-state index in [9.17, 15) is 36.2 Å². The number of aliphatic hydroxyl groups excluding tert-OH is 2. The number of hydrogen-bond donors (Lipinski definition) is 8. The summed E-state index contributed by atoms with van der Waals surface area (Å²) >= 11 is 0. The SMILES string of the molecule is Cc1cccc(Oc2nc(NCCO)nc(Nc3ccc(C#Cc4ccc(Nc5nc(NCCO)nc(Oc6cccc(C)c6)n5)cc4S(=O)(=O)O)c(S(=O)(=O)O)c3)n2)c1. The number of aryl methyl sites for hydroxylation is 2. The Morgan fingerprint density at radius 1 is 0.550 bits per heavy atom. The number of rotatable bonds is 16. The molecule has 2 heterocycles. The molecule has 0 bridgehead atoms. The summed E-state index contributed by atoms with van der Waals surface area (Å²) in [6.07, 6.45) is 0. The zero-order valence-corrected chi connectivity index (χ0v) is 33.3. The van der Waals surface area contributed by atoms with E-state index in [0.717, 1.165) is 23.3 Å². The molecule has 0 atom stereocenters. The van der Waals surface area contributed by atoms with Crippen LogP contribution in [0.3, 0.4) is 0 Å². The van der Waals surface area contributed by atoms with Crippen LogP contribution in [-0.2, 0) is 20.2 Å². The summed E-state index contributed by atoms with van der Waals surface area (Å²) in [5.41, 5.74) is 1.55. The van der Waals surface area contributed by atoms with Crippen LogP contribution < -0.4 is 30.7 Å². The van der Waals surface area contributed by atoms with E-state index in [-0.39, 0.29) is 84.6 Å². The van der Waals surface area contributed by atoms with E-state index >= 15 is 0 Å². The molecule has 0 unspecified atom stereocenters. The third-order valence-corrected chi connectivity index (χ3v) is 9.57. The highest BCUT2D eigenvalue weighted by Gasteiger charge is 2.20. The second-order valence-corrected chi connectivity index (χ2v) is 15.3. The summed E-state index contributed by atoms with van der Waals surface area (Å²) in [6.45, 7) is 3.49. The van der Waals surface area contributed by atoms with Gasteiger partial charge in [-0.25, -0.2) is 0 Å². The summed E-state index contributed by atoms with van der Waals surface area (Å²) in [5, 5.41) is 29.9. The van der Waals surface area contributed by atoms with Crippen LogP contribution in [0.1, 0.15) is 22.3 Å². The molecule has 60 heavy (non-hydrogen) atoms. The number of nitrogens with one attached hydrogen (secondary N) is 4. The summed E-state index contributed by atoms with van der Waals surface area (Å²) < 4.78 is 82.2. The van der Waals surface area contributed by atoms with Crippen LogP contribution in [0.5, 0.6) is 23.5 Å². The molecule has 0 spiro atoms. The first-order valence-electron chi connectivity index (χ1n) is 17.6. The van der Waals surface area contributed by atoms with Crippen molar-refractivity contribution in [3.63, 3.8) is 0 Å². The van der Waals surface area contributed by atoms with Crippen molar-refractivity contribution in [3.8, 4) is 35.4 Å². The molecule has 0 saturated heterocycles. The Labute approximate surface area is 343 Å². The molecule has 0 aliphatic rings. The van der Waals surface area contributed by atoms with Gasteiger partial charge in [-0.15, -0.1) is 0 Å². The van der Waals surface area contributed by atoms with Gasteiger partial charge in [-0.1, -0.05) is 36.1 Å². The molecular weight excluding hydrogens is 821 g/mol. The van der Waals surface area contributed by atoms with Crippen LogP contribution in [0.25, 0.3) is 0 Å². The van der Waals surface area contributed by atoms with E-state index in [4.69, 9.17) is 9.47 Å². The Morgan fingerprint density at radius 3 is 1.32 bits per heavy atom. The van der Waals surface area contributed by atoms with Crippen molar-refractivity contribution >= 4 is 55.4 Å². The van der Waals surface area contributed by atoms with Crippen LogP contribution >= 0.6 is 0 Å². The normalized spacial score (nSPS) is 11.2. The maximum absolute atomic E-state index is 12.6. The van der Waals surface area contributed by atoms with Crippen molar-refractivity contribution < 1.29 is 45.6 Å². The van der Waals surface area contributed by atoms with Crippen molar-refractivity contribution in [3.05, 3.63) is 107 Å². The van der Waals surface area contributed by atoms with Gasteiger partial charge in [0.15, 0.2) is 0 Å². The number of anilines is 6. The highest BCUT2D eigenvalue weighted by atomic mass is 32.2. The van der Waals surface area contributed by atoms with Crippen molar-refractivity contribution in [2.45, 2.75) is 23.6 Å². The minimum Gasteiger partial charge on any atom is -0.424 e. The third kappa shape index (κ3) is 11.8. The predicted octanol–water partition coefficient (Wildman–Crippen LogP) is 4.45. The highest BCUT2D eigenvalue weighted by molar-refractivity contribution is 7.86.